The van der Waals surface area contributed by atoms with E-state index in [2.05, 4.69) is 5.32 Å². The molecule has 11 nitrogen and oxygen atoms in total. The normalized spacial score (nSPS) is 15.1. The number of rotatable bonds is 9. The van der Waals surface area contributed by atoms with Crippen LogP contribution in [-0.2, 0) is 24.0 Å². The fraction of sp³-hybridized carbons (Fsp3) is 0.688. The average Bonchev–Trinajstić information content (AvgIpc) is 2.57. The topological polar surface area (TPSA) is 176 Å². The lowest BCUT2D eigenvalue weighted by Gasteiger charge is -2.32. The molecule has 0 bridgehead atoms. The molecule has 0 fully saturated rings. The van der Waals surface area contributed by atoms with Crippen LogP contribution in [0.25, 0.3) is 0 Å². The van der Waals surface area contributed by atoms with E-state index in [0.717, 1.165) is 6.92 Å². The van der Waals surface area contributed by atoms with Gasteiger partial charge in [-0.25, -0.2) is 5.84 Å². The third-order valence-electron chi connectivity index (χ3n) is 3.84. The van der Waals surface area contributed by atoms with Crippen molar-refractivity contribution in [3.63, 3.8) is 0 Å². The Balaban J connectivity index is 5.71. The number of nitrogens with zero attached hydrogens (tertiary/aromatic N) is 2. The summed E-state index contributed by atoms with van der Waals surface area (Å²) in [5.41, 5.74) is 2.68. The minimum atomic E-state index is -2.75. The molecule has 0 saturated carbocycles. The first-order valence-electron chi connectivity index (χ1n) is 8.45. The predicted molar refractivity (Wildman–Crippen MR) is 95.5 cm³/mol. The second kappa shape index (κ2) is 10.1. The molecule has 0 radical (unpaired) electrons. The number of hydrogen-bond donors (Lipinski definition) is 4. The molecule has 0 aromatic carbocycles. The average molecular weight is 387 g/mol. The van der Waals surface area contributed by atoms with Crippen LogP contribution in [0.4, 0.5) is 0 Å². The van der Waals surface area contributed by atoms with Gasteiger partial charge in [0.2, 0.25) is 17.4 Å². The smallest absolute Gasteiger partial charge is 0.269 e. The number of carbonyl (C=O) groups excluding carboxylic acids is 5. The minimum Gasteiger partial charge on any atom is -0.373 e. The summed E-state index contributed by atoms with van der Waals surface area (Å²) < 4.78 is 0. The Morgan fingerprint density at radius 3 is 2.07 bits per heavy atom. The second-order valence-electron chi connectivity index (χ2n) is 6.41. The highest BCUT2D eigenvalue weighted by molar-refractivity contribution is 6.15. The van der Waals surface area contributed by atoms with Crippen LogP contribution in [0.5, 0.6) is 0 Å². The zero-order valence-electron chi connectivity index (χ0n) is 16.3. The Morgan fingerprint density at radius 1 is 1.19 bits per heavy atom. The number of amides is 4. The van der Waals surface area contributed by atoms with Gasteiger partial charge in [0.05, 0.1) is 12.5 Å². The van der Waals surface area contributed by atoms with Crippen LogP contribution in [0.3, 0.4) is 0 Å². The molecule has 0 aromatic rings. The zero-order chi connectivity index (χ0) is 21.5. The van der Waals surface area contributed by atoms with Gasteiger partial charge in [0.1, 0.15) is 6.04 Å². The maximum absolute atomic E-state index is 12.8. The molecule has 0 rings (SSSR count). The molecule has 0 spiro atoms. The second-order valence-corrected chi connectivity index (χ2v) is 6.41. The van der Waals surface area contributed by atoms with Gasteiger partial charge in [0.15, 0.2) is 5.78 Å². The fourth-order valence-electron chi connectivity index (χ4n) is 2.09. The number of imide groups is 1. The van der Waals surface area contributed by atoms with Gasteiger partial charge >= 0.3 is 0 Å². The van der Waals surface area contributed by atoms with Crippen molar-refractivity contribution in [2.45, 2.75) is 58.2 Å². The number of hydrogen-bond acceptors (Lipinski definition) is 8. The van der Waals surface area contributed by atoms with Crippen LogP contribution in [0.2, 0.25) is 0 Å². The van der Waals surface area contributed by atoms with E-state index >= 15 is 0 Å². The summed E-state index contributed by atoms with van der Waals surface area (Å²) >= 11 is 0. The Bertz CT molecular complexity index is 606. The highest BCUT2D eigenvalue weighted by Crippen LogP contribution is 2.18. The van der Waals surface area contributed by atoms with Crippen LogP contribution in [-0.4, -0.2) is 75.7 Å². The van der Waals surface area contributed by atoms with E-state index < -0.39 is 53.5 Å². The van der Waals surface area contributed by atoms with Gasteiger partial charge in [0.25, 0.3) is 11.8 Å². The van der Waals surface area contributed by atoms with Crippen molar-refractivity contribution in [3.8, 4) is 0 Å². The molecule has 1 unspecified atom stereocenters. The van der Waals surface area contributed by atoms with Crippen LogP contribution in [0.15, 0.2) is 0 Å². The number of nitrogens with two attached hydrogens (primary N) is 2. The summed E-state index contributed by atoms with van der Waals surface area (Å²) in [6.07, 6.45) is -0.591. The van der Waals surface area contributed by atoms with Crippen molar-refractivity contribution in [2.24, 2.45) is 11.6 Å². The van der Waals surface area contributed by atoms with Crippen molar-refractivity contribution in [1.82, 2.24) is 15.2 Å². The fourth-order valence-corrected chi connectivity index (χ4v) is 2.09. The van der Waals surface area contributed by atoms with Crippen molar-refractivity contribution >= 4 is 29.4 Å². The third kappa shape index (κ3) is 6.38. The molecule has 0 heterocycles. The summed E-state index contributed by atoms with van der Waals surface area (Å²) in [7, 11) is 1.19. The van der Waals surface area contributed by atoms with Crippen molar-refractivity contribution in [1.29, 1.82) is 0 Å². The van der Waals surface area contributed by atoms with Gasteiger partial charge < -0.3 is 16.2 Å². The molecule has 0 aromatic heterocycles. The lowest BCUT2D eigenvalue weighted by molar-refractivity contribution is -0.167. The van der Waals surface area contributed by atoms with E-state index in [1.807, 2.05) is 0 Å². The van der Waals surface area contributed by atoms with E-state index in [4.69, 9.17) is 11.6 Å². The summed E-state index contributed by atoms with van der Waals surface area (Å²) in [4.78, 5) is 61.5. The first-order chi connectivity index (χ1) is 12.3. The highest BCUT2D eigenvalue weighted by atomic mass is 16.3. The summed E-state index contributed by atoms with van der Waals surface area (Å²) in [6.45, 7) is 5.23. The molecule has 0 aliphatic rings. The molecule has 27 heavy (non-hydrogen) atoms. The SMILES string of the molecule is CCCN(C(=O)[C@H](C)NC(=O)[C@H](C)N)C(=O)C(O)(CC(=O)N(C)N)C(C)=O. The molecule has 0 aliphatic heterocycles. The zero-order valence-corrected chi connectivity index (χ0v) is 16.3. The van der Waals surface area contributed by atoms with Crippen molar-refractivity contribution in [3.05, 3.63) is 0 Å². The quantitative estimate of drug-likeness (QED) is 0.147. The standard InChI is InChI=1S/C16H29N5O6/c1-6-7-21(14(25)10(3)19-13(24)9(2)17)15(26)16(27,11(4)22)8-12(23)20(5)18/h9-10,27H,6-8,17-18H2,1-5H3,(H,19,24)/t9-,10-,16?/m0/s1. The molecular weight excluding hydrogens is 358 g/mol. The van der Waals surface area contributed by atoms with Gasteiger partial charge in [0, 0.05) is 13.6 Å². The predicted octanol–water partition coefficient (Wildman–Crippen LogP) is -2.35. The largest absolute Gasteiger partial charge is 0.373 e. The number of ketones is 1. The Morgan fingerprint density at radius 2 is 1.70 bits per heavy atom. The summed E-state index contributed by atoms with van der Waals surface area (Å²) in [6, 6.07) is -2.01. The number of aliphatic hydroxyl groups is 1. The Labute approximate surface area is 158 Å². The van der Waals surface area contributed by atoms with Crippen LogP contribution in [0, 0.1) is 0 Å². The van der Waals surface area contributed by atoms with Gasteiger partial charge in [-0.2, -0.15) is 0 Å². The van der Waals surface area contributed by atoms with Gasteiger partial charge in [-0.1, -0.05) is 6.92 Å². The number of carbonyl (C=O) groups is 5. The highest BCUT2D eigenvalue weighted by Gasteiger charge is 2.48. The molecule has 11 heteroatoms. The third-order valence-corrected chi connectivity index (χ3v) is 3.84. The molecule has 154 valence electrons. The van der Waals surface area contributed by atoms with E-state index in [1.54, 1.807) is 6.92 Å². The molecule has 3 atom stereocenters. The van der Waals surface area contributed by atoms with E-state index in [0.29, 0.717) is 16.3 Å². The maximum atomic E-state index is 12.8. The lowest BCUT2D eigenvalue weighted by atomic mass is 9.92. The monoisotopic (exact) mass is 387 g/mol. The Kier molecular flexibility index (Phi) is 9.21. The summed E-state index contributed by atoms with van der Waals surface area (Å²) in [5.74, 6) is 0.693. The number of Topliss-reactive ketones (excluding diaryl/α,β-unsaturated/α-hetero) is 1. The van der Waals surface area contributed by atoms with Crippen LogP contribution in [0.1, 0.15) is 40.5 Å². The molecule has 6 N–H and O–H groups in total. The molecule has 0 aliphatic carbocycles. The number of hydrazine groups is 1. The Hall–Kier alpha value is -2.37. The first kappa shape index (κ1) is 24.6. The van der Waals surface area contributed by atoms with Crippen LogP contribution >= 0.6 is 0 Å². The van der Waals surface area contributed by atoms with E-state index in [-0.39, 0.29) is 6.54 Å². The van der Waals surface area contributed by atoms with Crippen molar-refractivity contribution in [2.75, 3.05) is 13.6 Å². The summed E-state index contributed by atoms with van der Waals surface area (Å²) in [5, 5.41) is 13.5. The first-order valence-corrected chi connectivity index (χ1v) is 8.45. The maximum Gasteiger partial charge on any atom is 0.269 e. The minimum absolute atomic E-state index is 0.127. The molecule has 4 amide bonds. The van der Waals surface area contributed by atoms with E-state index in [1.165, 1.54) is 20.9 Å². The molecular formula is C16H29N5O6. The number of nitrogens with one attached hydrogen (secondary N) is 1. The van der Waals surface area contributed by atoms with Crippen LogP contribution < -0.4 is 16.9 Å². The van der Waals surface area contributed by atoms with Gasteiger partial charge in [-0.05, 0) is 27.2 Å². The van der Waals surface area contributed by atoms with E-state index in [9.17, 15) is 29.1 Å². The molecule has 0 saturated heterocycles. The van der Waals surface area contributed by atoms with Gasteiger partial charge in [-0.3, -0.25) is 33.9 Å². The van der Waals surface area contributed by atoms with Gasteiger partial charge in [-0.15, -0.1) is 0 Å². The lowest BCUT2D eigenvalue weighted by Crippen LogP contribution is -2.60. The van der Waals surface area contributed by atoms with Crippen molar-refractivity contribution < 1.29 is 29.1 Å².